The van der Waals surface area contributed by atoms with Crippen LogP contribution in [0.2, 0.25) is 5.02 Å². The summed E-state index contributed by atoms with van der Waals surface area (Å²) in [4.78, 5) is 78.9. The summed E-state index contributed by atoms with van der Waals surface area (Å²) >= 11 is 29.5. The number of carboxylic acids is 4. The van der Waals surface area contributed by atoms with Gasteiger partial charge in [-0.3, -0.25) is 0 Å². The number of aliphatic carboxylic acids is 2. The summed E-state index contributed by atoms with van der Waals surface area (Å²) in [5.74, 6) is -10.1. The molecule has 130 heavy (non-hydrogen) atoms. The molecule has 0 aliphatic heterocycles. The van der Waals surface area contributed by atoms with E-state index in [0.29, 0.717) is 91.7 Å². The number of aliphatic hydroxyl groups is 12. The van der Waals surface area contributed by atoms with E-state index in [0.717, 1.165) is 68.5 Å². The van der Waals surface area contributed by atoms with Crippen LogP contribution in [-0.4, -0.2) is 97.5 Å². The molecule has 0 aromatic heterocycles. The predicted octanol–water partition coefficient (Wildman–Crippen LogP) is -11.2. The molecule has 8 atom stereocenters. The van der Waals surface area contributed by atoms with Crippen molar-refractivity contribution in [2.24, 2.45) is 47.3 Å². The Morgan fingerprint density at radius 1 is 0.308 bits per heavy atom. The number of aliphatic hydroxyl groups excluding tert-OH is 12. The number of rotatable bonds is 4. The van der Waals surface area contributed by atoms with E-state index in [9.17, 15) is 101 Å². The van der Waals surface area contributed by atoms with Crippen molar-refractivity contribution in [1.82, 2.24) is 0 Å². The van der Waals surface area contributed by atoms with E-state index >= 15 is 0 Å². The molecule has 36 heteroatoms. The number of allylic oxidation sites excluding steroid dienone is 32. The summed E-state index contributed by atoms with van der Waals surface area (Å²) in [6.07, 6.45) is 32.2. The average Bonchev–Trinajstić information content (AvgIpc) is 0.699. The first-order chi connectivity index (χ1) is 59.1. The Balaban J connectivity index is 0.000000143. The van der Waals surface area contributed by atoms with Crippen LogP contribution in [0.1, 0.15) is 43.0 Å². The van der Waals surface area contributed by atoms with Gasteiger partial charge in [-0.15, -0.1) is 22.3 Å². The van der Waals surface area contributed by atoms with E-state index in [1.807, 2.05) is 36.4 Å². The fourth-order valence-corrected chi connectivity index (χ4v) is 22.8. The smallest absolute Gasteiger partial charge is 0.545 e. The number of halogens is 6. The predicted molar refractivity (Wildman–Crippen MR) is 445 cm³/mol. The monoisotopic (exact) mass is 1990 g/mol. The van der Waals surface area contributed by atoms with Crippen molar-refractivity contribution in [2.75, 3.05) is 0 Å². The molecule has 0 bridgehead atoms. The van der Waals surface area contributed by atoms with Gasteiger partial charge in [0, 0.05) is 163 Å². The second-order valence-corrected chi connectivity index (χ2v) is 34.9. The van der Waals surface area contributed by atoms with Crippen LogP contribution in [0.15, 0.2) is 293 Å². The minimum atomic E-state index is -1.49. The van der Waals surface area contributed by atoms with E-state index in [1.165, 1.54) is 48.6 Å². The number of carbonyl (C=O) groups excluding carboxylic acids is 8. The third kappa shape index (κ3) is 14.4. The second kappa shape index (κ2) is 36.1. The van der Waals surface area contributed by atoms with Crippen LogP contribution in [0.25, 0.3) is 68.4 Å². The first-order valence-corrected chi connectivity index (χ1v) is 40.6. The molecule has 0 spiro atoms. The van der Waals surface area contributed by atoms with Crippen LogP contribution < -0.4 is 207 Å². The van der Waals surface area contributed by atoms with E-state index in [4.69, 9.17) is 54.0 Å². The summed E-state index contributed by atoms with van der Waals surface area (Å²) in [6.45, 7) is 0. The van der Waals surface area contributed by atoms with Crippen LogP contribution in [0, 0.1) is 59.5 Å². The van der Waals surface area contributed by atoms with Gasteiger partial charge < -0.3 is 101 Å². The maximum absolute atomic E-state index is 11.6. The Bertz CT molecular complexity index is 7340. The molecule has 0 amide bonds. The molecule has 0 fully saturated rings. The molecule has 0 saturated carbocycles. The van der Waals surface area contributed by atoms with Crippen LogP contribution >= 0.6 is 82.6 Å². The van der Waals surface area contributed by atoms with Crippen molar-refractivity contribution < 1.29 is 265 Å². The summed E-state index contributed by atoms with van der Waals surface area (Å²) in [6, 6.07) is 12.2. The van der Waals surface area contributed by atoms with Crippen LogP contribution in [0.3, 0.4) is 0 Å². The molecule has 612 valence electrons. The molecular formula is C94H44Br3Cl3Li3Na3O24. The molecule has 24 nitrogen and oxygen atoms in total. The molecule has 20 aliphatic rings. The first kappa shape index (κ1) is 98.4. The van der Waals surface area contributed by atoms with Crippen molar-refractivity contribution in [3.63, 3.8) is 0 Å². The van der Waals surface area contributed by atoms with E-state index < -0.39 is 47.5 Å². The van der Waals surface area contributed by atoms with Crippen molar-refractivity contribution in [3.8, 4) is 0 Å². The molecule has 4 aromatic carbocycles. The maximum atomic E-state index is 11.6. The Kier molecular flexibility index (Phi) is 27.3. The number of carboxylic acid groups (broad SMARTS) is 4. The van der Waals surface area contributed by atoms with Gasteiger partial charge in [0.05, 0.1) is 46.9 Å². The molecule has 12 N–H and O–H groups in total. The van der Waals surface area contributed by atoms with Gasteiger partial charge in [-0.05, 0) is 187 Å². The Morgan fingerprint density at radius 3 is 0.946 bits per heavy atom. The van der Waals surface area contributed by atoms with E-state index in [2.05, 4.69) is 59.9 Å². The second-order valence-electron chi connectivity index (χ2n) is 30.8. The van der Waals surface area contributed by atoms with E-state index in [-0.39, 0.29) is 316 Å². The van der Waals surface area contributed by atoms with E-state index in [1.54, 1.807) is 60.7 Å². The van der Waals surface area contributed by atoms with Crippen molar-refractivity contribution >= 4 is 187 Å². The quantitative estimate of drug-likeness (QED) is 0.0667. The van der Waals surface area contributed by atoms with Crippen molar-refractivity contribution in [2.45, 2.75) is 0 Å². The molecule has 20 aliphatic carbocycles. The number of aromatic carboxylic acids is 2. The zero-order valence-corrected chi connectivity index (χ0v) is 81.0. The van der Waals surface area contributed by atoms with Crippen molar-refractivity contribution in [1.29, 1.82) is 0 Å². The van der Waals surface area contributed by atoms with Crippen LogP contribution in [0.5, 0.6) is 0 Å². The molecule has 0 heterocycles. The number of hydrogen-bond acceptors (Lipinski definition) is 24. The number of carbonyl (C=O) groups is 4. The number of benzene rings is 4. The maximum Gasteiger partial charge on any atom is 1.00 e. The van der Waals surface area contributed by atoms with Gasteiger partial charge in [-0.25, -0.2) is 0 Å². The number of hydrogen-bond donors (Lipinski definition) is 12. The van der Waals surface area contributed by atoms with Gasteiger partial charge in [0.15, 0.2) is 0 Å². The van der Waals surface area contributed by atoms with Gasteiger partial charge >= 0.3 is 158 Å². The SMILES string of the molecule is O=C([O-])C1=CC2=C(O)C3=C[C-]=CC4=C(O)c5cc(C(=O)[O-])cc6c5=C(C2C(=C1)C=6O)C34.O=C([O-])C1=CC2=C(O)C3=C[C-]=CC4=C(O)c5cc(C(=O)[O-])cc6c5=C(C2C(=C1)C=6O)C34.O=C=O.O=C=O.OC1=C2C=C(Br)C=C3C(O)=c4cc(Br)cc5c4=C(C32)C2C1=CC(Br)=CC2=C5O.OC1=C2C=C(Cl)C=C3C(O)=c4cc(Cl)cc5c4=C(C32)C2C1=CC(Cl)=CC2=C5O.[Li+].[Li+].[Li+].[Na+].[Na+].[Na+]. The van der Waals surface area contributed by atoms with Gasteiger partial charge in [-0.2, -0.15) is 55.6 Å². The molecule has 24 rings (SSSR count). The van der Waals surface area contributed by atoms with Gasteiger partial charge in [-0.1, -0.05) is 106 Å². The van der Waals surface area contributed by atoms with Crippen LogP contribution in [0.4, 0.5) is 0 Å². The summed E-state index contributed by atoms with van der Waals surface area (Å²) < 4.78 is 2.38. The topological polar surface area (TPSA) is 472 Å². The standard InChI is InChI=1S/2C24H13O7.C22H11Br3O3.C22H11Cl3O3.2CO2.3Li.3Na/c2*25-20-10-2-1-3-11-16(10)19-17-12(20)4-8(23(28)29)6-14(17)22(27)15-7-9(24(30)31)5-13(18(15)19)21(11)26;2*23-7-1-10-16-11(2-7)21(27)14-5-9(25)6-15-18(14)19(16)17-12(20(10)26)3-8(24)4-13(17)22(15)28;2*2-1-3;;;;;;/h2*2-7,16-17,25-27H,(H,28,29)(H,30,31);2*1-6,16-17,26-28H;;;;;;;;/q2*-1;;;;;6*+1/p-4. The van der Waals surface area contributed by atoms with Gasteiger partial charge in [0.1, 0.15) is 46.1 Å². The molecule has 0 radical (unpaired) electrons. The van der Waals surface area contributed by atoms with Crippen LogP contribution in [-0.2, 0) is 28.8 Å². The molecular weight excluding hydrogens is 1950 g/mol. The summed E-state index contributed by atoms with van der Waals surface area (Å²) in [5, 5.41) is 184. The zero-order valence-electron chi connectivity index (χ0n) is 68.0. The largest absolute Gasteiger partial charge is 1.00 e. The zero-order chi connectivity index (χ0) is 87.9. The molecule has 0 saturated heterocycles. The average molecular weight is 1990 g/mol. The third-order valence-electron chi connectivity index (χ3n) is 25.0. The first-order valence-electron chi connectivity index (χ1n) is 37.1. The summed E-state index contributed by atoms with van der Waals surface area (Å²) in [5.41, 5.74) is 12.5. The third-order valence-corrected chi connectivity index (χ3v) is 27.0. The van der Waals surface area contributed by atoms with Crippen molar-refractivity contribution in [3.05, 3.63) is 385 Å². The van der Waals surface area contributed by atoms with Gasteiger partial charge in [0.2, 0.25) is 0 Å². The Morgan fingerprint density at radius 2 is 0.577 bits per heavy atom. The van der Waals surface area contributed by atoms with Gasteiger partial charge in [0.25, 0.3) is 0 Å². The fourth-order valence-electron chi connectivity index (χ4n) is 20.6. The minimum absolute atomic E-state index is 0. The fraction of sp³-hybridized carbons (Fsp3) is 0.0851. The Labute approximate surface area is 874 Å². The normalized spacial score (nSPS) is 23.2. The molecule has 4 aromatic rings. The summed E-state index contributed by atoms with van der Waals surface area (Å²) in [7, 11) is 0. The molecule has 8 unspecified atom stereocenters. The minimum Gasteiger partial charge on any atom is -0.545 e. The Hall–Kier alpha value is -9.06.